The van der Waals surface area contributed by atoms with E-state index in [0.717, 1.165) is 0 Å². The van der Waals surface area contributed by atoms with Gasteiger partial charge in [-0.05, 0) is 48.0 Å². The molecule has 166 valence electrons. The van der Waals surface area contributed by atoms with Gasteiger partial charge in [0, 0.05) is 17.7 Å². The number of hydrogen-bond acceptors (Lipinski definition) is 3. The number of amides is 2. The van der Waals surface area contributed by atoms with E-state index in [1.54, 1.807) is 72.8 Å². The van der Waals surface area contributed by atoms with Crippen LogP contribution in [-0.4, -0.2) is 11.8 Å². The number of halogens is 1. The lowest BCUT2D eigenvalue weighted by Gasteiger charge is -2.12. The zero-order chi connectivity index (χ0) is 23.6. The van der Waals surface area contributed by atoms with Crippen molar-refractivity contribution in [1.29, 1.82) is 0 Å². The van der Waals surface area contributed by atoms with Crippen LogP contribution in [0.2, 0.25) is 0 Å². The van der Waals surface area contributed by atoms with Crippen molar-refractivity contribution in [3.8, 4) is 5.75 Å². The van der Waals surface area contributed by atoms with Gasteiger partial charge in [-0.15, -0.1) is 0 Å². The maximum absolute atomic E-state index is 13.9. The molecular formula is C27H23FN2O3. The van der Waals surface area contributed by atoms with E-state index < -0.39 is 17.6 Å². The summed E-state index contributed by atoms with van der Waals surface area (Å²) < 4.78 is 19.4. The molecule has 3 aromatic rings. The Morgan fingerprint density at radius 2 is 1.61 bits per heavy atom. The third-order valence-electron chi connectivity index (χ3n) is 4.59. The average Bonchev–Trinajstić information content (AvgIpc) is 2.84. The molecule has 6 heteroatoms. The van der Waals surface area contributed by atoms with Gasteiger partial charge >= 0.3 is 0 Å². The van der Waals surface area contributed by atoms with E-state index in [1.807, 2.05) is 0 Å². The lowest BCUT2D eigenvalue weighted by Crippen LogP contribution is -2.34. The van der Waals surface area contributed by atoms with E-state index in [1.165, 1.54) is 18.2 Å². The summed E-state index contributed by atoms with van der Waals surface area (Å²) in [6.45, 7) is 7.26. The highest BCUT2D eigenvalue weighted by Crippen LogP contribution is 2.17. The summed E-state index contributed by atoms with van der Waals surface area (Å²) in [5, 5.41) is 5.30. The predicted molar refractivity (Wildman–Crippen MR) is 127 cm³/mol. The van der Waals surface area contributed by atoms with Crippen molar-refractivity contribution in [2.24, 2.45) is 0 Å². The Labute approximate surface area is 191 Å². The first kappa shape index (κ1) is 23.2. The van der Waals surface area contributed by atoms with E-state index in [9.17, 15) is 14.0 Å². The molecule has 0 aliphatic rings. The number of benzene rings is 3. The first-order valence-electron chi connectivity index (χ1n) is 10.1. The Hall–Kier alpha value is -4.45. The average molecular weight is 442 g/mol. The third kappa shape index (κ3) is 6.77. The maximum atomic E-state index is 13.9. The minimum Gasteiger partial charge on any atom is -0.458 e. The Morgan fingerprint density at radius 1 is 0.939 bits per heavy atom. The van der Waals surface area contributed by atoms with E-state index in [0.29, 0.717) is 28.2 Å². The van der Waals surface area contributed by atoms with Crippen LogP contribution in [0.1, 0.15) is 21.5 Å². The second-order valence-electron chi connectivity index (χ2n) is 6.99. The van der Waals surface area contributed by atoms with Gasteiger partial charge in [-0.25, -0.2) is 4.39 Å². The van der Waals surface area contributed by atoms with Crippen LogP contribution in [0, 0.1) is 5.82 Å². The van der Waals surface area contributed by atoms with Gasteiger partial charge < -0.3 is 15.4 Å². The standard InChI is InChI=1S/C27H23FN2O3/c1-3-19(2)33-23-15-13-20(14-16-23)17-25(30-26(31)21-9-5-4-6-10-21)27(32)29-18-22-11-7-8-12-24(22)28/h3-17H,1-2,18H2,(H,29,32)(H,30,31)/b25-17-. The Kier molecular flexibility index (Phi) is 7.91. The number of nitrogens with one attached hydrogen (secondary N) is 2. The highest BCUT2D eigenvalue weighted by molar-refractivity contribution is 6.05. The summed E-state index contributed by atoms with van der Waals surface area (Å²) >= 11 is 0. The molecule has 2 N–H and O–H groups in total. The molecule has 3 rings (SSSR count). The van der Waals surface area contributed by atoms with Gasteiger partial charge in [0.15, 0.2) is 0 Å². The van der Waals surface area contributed by atoms with Crippen LogP contribution >= 0.6 is 0 Å². The number of carbonyl (C=O) groups excluding carboxylic acids is 2. The van der Waals surface area contributed by atoms with Crippen molar-refractivity contribution in [2.75, 3.05) is 0 Å². The first-order valence-corrected chi connectivity index (χ1v) is 10.1. The molecule has 0 saturated heterocycles. The summed E-state index contributed by atoms with van der Waals surface area (Å²) in [5.41, 5.74) is 1.40. The third-order valence-corrected chi connectivity index (χ3v) is 4.59. The first-order chi connectivity index (χ1) is 16.0. The van der Waals surface area contributed by atoms with Crippen LogP contribution in [-0.2, 0) is 11.3 Å². The zero-order valence-electron chi connectivity index (χ0n) is 17.9. The van der Waals surface area contributed by atoms with Gasteiger partial charge in [-0.3, -0.25) is 9.59 Å². The topological polar surface area (TPSA) is 67.4 Å². The van der Waals surface area contributed by atoms with Crippen molar-refractivity contribution in [1.82, 2.24) is 10.6 Å². The quantitative estimate of drug-likeness (QED) is 0.279. The van der Waals surface area contributed by atoms with Crippen molar-refractivity contribution >= 4 is 17.9 Å². The summed E-state index contributed by atoms with van der Waals surface area (Å²) in [6.07, 6.45) is 3.02. The van der Waals surface area contributed by atoms with Gasteiger partial charge in [0.25, 0.3) is 11.8 Å². The van der Waals surface area contributed by atoms with Gasteiger partial charge in [-0.1, -0.05) is 61.7 Å². The van der Waals surface area contributed by atoms with Crippen LogP contribution in [0.25, 0.3) is 6.08 Å². The van der Waals surface area contributed by atoms with Crippen molar-refractivity contribution in [3.63, 3.8) is 0 Å². The van der Waals surface area contributed by atoms with Crippen LogP contribution in [0.4, 0.5) is 4.39 Å². The van der Waals surface area contributed by atoms with E-state index >= 15 is 0 Å². The highest BCUT2D eigenvalue weighted by atomic mass is 19.1. The fraction of sp³-hybridized carbons (Fsp3) is 0.0370. The zero-order valence-corrected chi connectivity index (χ0v) is 17.9. The molecule has 0 fully saturated rings. The molecule has 0 spiro atoms. The molecule has 0 aliphatic carbocycles. The minimum atomic E-state index is -0.553. The Balaban J connectivity index is 1.81. The molecule has 0 atom stereocenters. The number of rotatable bonds is 9. The number of hydrogen-bond donors (Lipinski definition) is 2. The molecule has 0 aliphatic heterocycles. The minimum absolute atomic E-state index is 0.0179. The van der Waals surface area contributed by atoms with Crippen LogP contribution < -0.4 is 15.4 Å². The molecule has 2 amide bonds. The van der Waals surface area contributed by atoms with Crippen molar-refractivity contribution in [3.05, 3.63) is 132 Å². The number of allylic oxidation sites excluding steroid dienone is 1. The molecule has 5 nitrogen and oxygen atoms in total. The monoisotopic (exact) mass is 442 g/mol. The van der Waals surface area contributed by atoms with E-state index in [4.69, 9.17) is 4.74 Å². The van der Waals surface area contributed by atoms with Crippen molar-refractivity contribution < 1.29 is 18.7 Å². The lowest BCUT2D eigenvalue weighted by atomic mass is 10.1. The number of carbonyl (C=O) groups is 2. The largest absolute Gasteiger partial charge is 0.458 e. The summed E-state index contributed by atoms with van der Waals surface area (Å²) in [6, 6.07) is 21.5. The normalized spacial score (nSPS) is 10.8. The summed E-state index contributed by atoms with van der Waals surface area (Å²) in [4.78, 5) is 25.5. The van der Waals surface area contributed by atoms with Crippen LogP contribution in [0.15, 0.2) is 110 Å². The fourth-order valence-electron chi connectivity index (χ4n) is 2.85. The van der Waals surface area contributed by atoms with Gasteiger partial charge in [-0.2, -0.15) is 0 Å². The molecule has 0 saturated carbocycles. The number of ether oxygens (including phenoxy) is 1. The maximum Gasteiger partial charge on any atom is 0.268 e. The Bertz CT molecular complexity index is 1190. The molecule has 33 heavy (non-hydrogen) atoms. The SMILES string of the molecule is C=CC(=C)Oc1ccc(/C=C(\NC(=O)c2ccccc2)C(=O)NCc2ccccc2F)cc1. The lowest BCUT2D eigenvalue weighted by molar-refractivity contribution is -0.117. The molecule has 3 aromatic carbocycles. The molecule has 0 aromatic heterocycles. The molecule has 0 heterocycles. The predicted octanol–water partition coefficient (Wildman–Crippen LogP) is 4.99. The van der Waals surface area contributed by atoms with E-state index in [-0.39, 0.29) is 12.2 Å². The second-order valence-corrected chi connectivity index (χ2v) is 6.99. The molecular weight excluding hydrogens is 419 g/mol. The second kappa shape index (κ2) is 11.2. The smallest absolute Gasteiger partial charge is 0.268 e. The summed E-state index contributed by atoms with van der Waals surface area (Å²) in [5.74, 6) is -0.459. The van der Waals surface area contributed by atoms with Crippen LogP contribution in [0.5, 0.6) is 5.75 Å². The molecule has 0 unspecified atom stereocenters. The van der Waals surface area contributed by atoms with Crippen molar-refractivity contribution in [2.45, 2.75) is 6.54 Å². The van der Waals surface area contributed by atoms with Gasteiger partial charge in [0.05, 0.1) is 0 Å². The fourth-order valence-corrected chi connectivity index (χ4v) is 2.85. The van der Waals surface area contributed by atoms with Gasteiger partial charge in [0.2, 0.25) is 0 Å². The van der Waals surface area contributed by atoms with E-state index in [2.05, 4.69) is 23.8 Å². The van der Waals surface area contributed by atoms with Crippen LogP contribution in [0.3, 0.4) is 0 Å². The molecule has 0 bridgehead atoms. The molecule has 0 radical (unpaired) electrons. The Morgan fingerprint density at radius 3 is 2.27 bits per heavy atom. The highest BCUT2D eigenvalue weighted by Gasteiger charge is 2.15. The van der Waals surface area contributed by atoms with Gasteiger partial charge in [0.1, 0.15) is 23.0 Å². The summed E-state index contributed by atoms with van der Waals surface area (Å²) in [7, 11) is 0.